The van der Waals surface area contributed by atoms with Crippen LogP contribution in [0.2, 0.25) is 0 Å². The molecule has 8 nitrogen and oxygen atoms in total. The molecule has 4 heterocycles. The van der Waals surface area contributed by atoms with Crippen LogP contribution in [0.1, 0.15) is 48.8 Å². The van der Waals surface area contributed by atoms with E-state index in [0.29, 0.717) is 5.69 Å². The Bertz CT molecular complexity index is 1060. The number of aromatic nitrogens is 5. The largest absolute Gasteiger partial charge is 0.384 e. The summed E-state index contributed by atoms with van der Waals surface area (Å²) in [5.41, 5.74) is 4.14. The van der Waals surface area contributed by atoms with Crippen molar-refractivity contribution in [1.29, 1.82) is 0 Å². The Balaban J connectivity index is 1.48. The fourth-order valence-electron chi connectivity index (χ4n) is 4.08. The van der Waals surface area contributed by atoms with E-state index in [-0.39, 0.29) is 6.04 Å². The fraction of sp³-hybridized carbons (Fsp3) is 0.458. The third kappa shape index (κ3) is 4.55. The Hall–Kier alpha value is -3.13. The predicted octanol–water partition coefficient (Wildman–Crippen LogP) is 2.81. The summed E-state index contributed by atoms with van der Waals surface area (Å²) in [5, 5.41) is 19.3. The standard InChI is InChI=1S/C24H31N7O/c1-16-15-30(10-11-31(16)22-14-26-21(13-27-22)24(4,5)32)23-18(3)17(2)20(28-29-23)12-19-6-8-25-9-7-19/h6-9,13-14,16,32H,10-12,15H2,1-5H3. The molecule has 1 N–H and O–H groups in total. The maximum absolute atomic E-state index is 10.1. The first kappa shape index (κ1) is 22.1. The number of hydrogen-bond donors (Lipinski definition) is 1. The lowest BCUT2D eigenvalue weighted by Gasteiger charge is -2.41. The van der Waals surface area contributed by atoms with Crippen LogP contribution in [0.5, 0.6) is 0 Å². The smallest absolute Gasteiger partial charge is 0.154 e. The summed E-state index contributed by atoms with van der Waals surface area (Å²) in [6.45, 7) is 12.3. The van der Waals surface area contributed by atoms with Gasteiger partial charge in [-0.3, -0.25) is 9.97 Å². The van der Waals surface area contributed by atoms with Crippen LogP contribution in [-0.2, 0) is 12.0 Å². The van der Waals surface area contributed by atoms with Crippen molar-refractivity contribution in [3.05, 3.63) is 65.0 Å². The van der Waals surface area contributed by atoms with Gasteiger partial charge in [-0.1, -0.05) is 0 Å². The SMILES string of the molecule is Cc1c(Cc2ccncc2)nnc(N2CCN(c3cnc(C(C)(C)O)cn3)C(C)C2)c1C. The van der Waals surface area contributed by atoms with Gasteiger partial charge in [0.25, 0.3) is 0 Å². The van der Waals surface area contributed by atoms with Crippen molar-refractivity contribution in [3.63, 3.8) is 0 Å². The summed E-state index contributed by atoms with van der Waals surface area (Å²) in [6.07, 6.45) is 7.79. The lowest BCUT2D eigenvalue weighted by atomic mass is 10.0. The quantitative estimate of drug-likeness (QED) is 0.657. The van der Waals surface area contributed by atoms with E-state index in [4.69, 9.17) is 0 Å². The van der Waals surface area contributed by atoms with Gasteiger partial charge in [-0.05, 0) is 63.4 Å². The summed E-state index contributed by atoms with van der Waals surface area (Å²) in [5.74, 6) is 1.78. The molecule has 8 heteroatoms. The molecule has 0 radical (unpaired) electrons. The molecule has 0 saturated carbocycles. The molecule has 1 aliphatic heterocycles. The number of rotatable bonds is 5. The fourth-order valence-corrected chi connectivity index (χ4v) is 4.08. The number of anilines is 2. The Kier molecular flexibility index (Phi) is 6.06. The van der Waals surface area contributed by atoms with Crippen molar-refractivity contribution in [2.75, 3.05) is 29.4 Å². The summed E-state index contributed by atoms with van der Waals surface area (Å²) in [7, 11) is 0. The number of nitrogens with zero attached hydrogens (tertiary/aromatic N) is 7. The predicted molar refractivity (Wildman–Crippen MR) is 125 cm³/mol. The van der Waals surface area contributed by atoms with Crippen molar-refractivity contribution >= 4 is 11.6 Å². The molecule has 1 saturated heterocycles. The lowest BCUT2D eigenvalue weighted by Crippen LogP contribution is -2.53. The van der Waals surface area contributed by atoms with Crippen LogP contribution in [-0.4, -0.2) is 55.9 Å². The van der Waals surface area contributed by atoms with Gasteiger partial charge in [0.2, 0.25) is 0 Å². The van der Waals surface area contributed by atoms with E-state index in [1.54, 1.807) is 26.2 Å². The normalized spacial score (nSPS) is 17.0. The van der Waals surface area contributed by atoms with Crippen LogP contribution in [0.15, 0.2) is 36.9 Å². The van der Waals surface area contributed by atoms with Crippen LogP contribution in [0.4, 0.5) is 11.6 Å². The van der Waals surface area contributed by atoms with Crippen LogP contribution in [0.25, 0.3) is 0 Å². The van der Waals surface area contributed by atoms with Crippen molar-refractivity contribution in [1.82, 2.24) is 25.1 Å². The average Bonchev–Trinajstić information content (AvgIpc) is 2.77. The molecule has 4 rings (SSSR count). The number of pyridine rings is 1. The van der Waals surface area contributed by atoms with Gasteiger partial charge in [0, 0.05) is 44.5 Å². The van der Waals surface area contributed by atoms with Gasteiger partial charge in [-0.2, -0.15) is 5.10 Å². The van der Waals surface area contributed by atoms with Crippen molar-refractivity contribution < 1.29 is 5.11 Å². The van der Waals surface area contributed by atoms with Crippen LogP contribution < -0.4 is 9.80 Å². The summed E-state index contributed by atoms with van der Waals surface area (Å²) >= 11 is 0. The number of hydrogen-bond acceptors (Lipinski definition) is 8. The highest BCUT2D eigenvalue weighted by molar-refractivity contribution is 5.53. The van der Waals surface area contributed by atoms with E-state index in [1.165, 1.54) is 16.7 Å². The zero-order valence-electron chi connectivity index (χ0n) is 19.4. The van der Waals surface area contributed by atoms with Crippen molar-refractivity contribution in [3.8, 4) is 0 Å². The second-order valence-electron chi connectivity index (χ2n) is 9.06. The molecule has 0 amide bonds. The van der Waals surface area contributed by atoms with E-state index in [1.807, 2.05) is 24.5 Å². The third-order valence-electron chi connectivity index (χ3n) is 6.20. The summed E-state index contributed by atoms with van der Waals surface area (Å²) < 4.78 is 0. The molecular formula is C24H31N7O. The zero-order chi connectivity index (χ0) is 22.9. The van der Waals surface area contributed by atoms with E-state index in [9.17, 15) is 5.11 Å². The zero-order valence-corrected chi connectivity index (χ0v) is 19.4. The molecule has 0 aliphatic carbocycles. The van der Waals surface area contributed by atoms with Crippen LogP contribution >= 0.6 is 0 Å². The molecule has 0 aromatic carbocycles. The monoisotopic (exact) mass is 433 g/mol. The highest BCUT2D eigenvalue weighted by Crippen LogP contribution is 2.27. The average molecular weight is 434 g/mol. The molecule has 1 atom stereocenters. The Labute approximate surface area is 189 Å². The topological polar surface area (TPSA) is 91.2 Å². The highest BCUT2D eigenvalue weighted by Gasteiger charge is 2.28. The molecule has 1 fully saturated rings. The number of aliphatic hydroxyl groups is 1. The molecule has 0 spiro atoms. The van der Waals surface area contributed by atoms with Gasteiger partial charge in [-0.15, -0.1) is 5.10 Å². The minimum Gasteiger partial charge on any atom is -0.384 e. The van der Waals surface area contributed by atoms with E-state index < -0.39 is 5.60 Å². The van der Waals surface area contributed by atoms with E-state index in [2.05, 4.69) is 55.7 Å². The Morgan fingerprint density at radius 2 is 1.78 bits per heavy atom. The highest BCUT2D eigenvalue weighted by atomic mass is 16.3. The van der Waals surface area contributed by atoms with Crippen LogP contribution in [0.3, 0.4) is 0 Å². The van der Waals surface area contributed by atoms with Crippen molar-refractivity contribution in [2.45, 2.75) is 52.7 Å². The van der Waals surface area contributed by atoms with Gasteiger partial charge >= 0.3 is 0 Å². The lowest BCUT2D eigenvalue weighted by molar-refractivity contribution is 0.0734. The second-order valence-corrected chi connectivity index (χ2v) is 9.06. The molecule has 1 aliphatic rings. The molecule has 168 valence electrons. The van der Waals surface area contributed by atoms with Gasteiger partial charge in [0.05, 0.1) is 23.8 Å². The molecular weight excluding hydrogens is 402 g/mol. The molecule has 3 aromatic heterocycles. The molecule has 32 heavy (non-hydrogen) atoms. The second kappa shape index (κ2) is 8.78. The maximum atomic E-state index is 10.1. The van der Waals surface area contributed by atoms with E-state index in [0.717, 1.165) is 43.4 Å². The van der Waals surface area contributed by atoms with Gasteiger partial charge < -0.3 is 14.9 Å². The minimum absolute atomic E-state index is 0.240. The molecule has 1 unspecified atom stereocenters. The molecule has 3 aromatic rings. The molecule has 0 bridgehead atoms. The van der Waals surface area contributed by atoms with Crippen LogP contribution in [0, 0.1) is 13.8 Å². The Morgan fingerprint density at radius 3 is 2.41 bits per heavy atom. The summed E-state index contributed by atoms with van der Waals surface area (Å²) in [6, 6.07) is 4.27. The number of piperazine rings is 1. The minimum atomic E-state index is -0.993. The first-order valence-electron chi connectivity index (χ1n) is 11.0. The maximum Gasteiger partial charge on any atom is 0.154 e. The first-order valence-corrected chi connectivity index (χ1v) is 11.0. The van der Waals surface area contributed by atoms with Gasteiger partial charge in [0.15, 0.2) is 5.82 Å². The van der Waals surface area contributed by atoms with Crippen molar-refractivity contribution in [2.24, 2.45) is 0 Å². The Morgan fingerprint density at radius 1 is 1.03 bits per heavy atom. The summed E-state index contributed by atoms with van der Waals surface area (Å²) in [4.78, 5) is 17.6. The first-order chi connectivity index (χ1) is 15.2. The third-order valence-corrected chi connectivity index (χ3v) is 6.20. The van der Waals surface area contributed by atoms with Gasteiger partial charge in [-0.25, -0.2) is 4.98 Å². The van der Waals surface area contributed by atoms with E-state index >= 15 is 0 Å². The van der Waals surface area contributed by atoms with Gasteiger partial charge in [0.1, 0.15) is 11.4 Å².